The molecule has 1 saturated heterocycles. The molecule has 1 N–H and O–H groups in total. The smallest absolute Gasteiger partial charge is 0.0475 e. The monoisotopic (exact) mass is 238 g/mol. The van der Waals surface area contributed by atoms with Crippen molar-refractivity contribution >= 4 is 17.0 Å². The molecule has 0 atom stereocenters. The van der Waals surface area contributed by atoms with Crippen LogP contribution in [0.5, 0.6) is 0 Å². The van der Waals surface area contributed by atoms with Crippen LogP contribution in [0.15, 0.2) is 16.8 Å². The Balaban J connectivity index is 2.15. The quantitative estimate of drug-likeness (QED) is 0.870. The third-order valence-electron chi connectivity index (χ3n) is 3.82. The molecule has 2 heterocycles. The third kappa shape index (κ3) is 2.41. The van der Waals surface area contributed by atoms with Gasteiger partial charge < -0.3 is 10.2 Å². The molecule has 16 heavy (non-hydrogen) atoms. The normalized spacial score (nSPS) is 20.8. The summed E-state index contributed by atoms with van der Waals surface area (Å²) in [4.78, 5) is 2.55. The highest BCUT2D eigenvalue weighted by Gasteiger charge is 2.30. The molecule has 0 aliphatic carbocycles. The molecule has 1 aromatic rings. The molecule has 0 radical (unpaired) electrons. The van der Waals surface area contributed by atoms with Gasteiger partial charge in [-0.3, -0.25) is 0 Å². The van der Waals surface area contributed by atoms with Crippen LogP contribution >= 0.6 is 11.3 Å². The summed E-state index contributed by atoms with van der Waals surface area (Å²) in [6, 6.07) is 2.24. The summed E-state index contributed by atoms with van der Waals surface area (Å²) in [7, 11) is 0. The van der Waals surface area contributed by atoms with Gasteiger partial charge in [-0.05, 0) is 37.3 Å². The van der Waals surface area contributed by atoms with E-state index in [1.54, 1.807) is 11.3 Å². The molecule has 1 aromatic heterocycles. The van der Waals surface area contributed by atoms with E-state index in [1.807, 2.05) is 0 Å². The van der Waals surface area contributed by atoms with Crippen LogP contribution in [0.4, 0.5) is 5.69 Å². The van der Waals surface area contributed by atoms with Gasteiger partial charge in [0.1, 0.15) is 0 Å². The molecule has 0 unspecified atom stereocenters. The van der Waals surface area contributed by atoms with Crippen molar-refractivity contribution in [2.24, 2.45) is 0 Å². The zero-order valence-corrected chi connectivity index (χ0v) is 11.1. The SMILES string of the molecule is CCC1(CC)CN(c2ccsc2)CCCN1. The van der Waals surface area contributed by atoms with Crippen molar-refractivity contribution in [1.82, 2.24) is 5.32 Å². The molecule has 1 aliphatic heterocycles. The van der Waals surface area contributed by atoms with E-state index in [9.17, 15) is 0 Å². The fraction of sp³-hybridized carbons (Fsp3) is 0.692. The molecule has 0 saturated carbocycles. The van der Waals surface area contributed by atoms with E-state index in [-0.39, 0.29) is 0 Å². The van der Waals surface area contributed by atoms with E-state index >= 15 is 0 Å². The van der Waals surface area contributed by atoms with Crippen LogP contribution in [0.2, 0.25) is 0 Å². The van der Waals surface area contributed by atoms with Gasteiger partial charge in [0.2, 0.25) is 0 Å². The fourth-order valence-corrected chi connectivity index (χ4v) is 3.17. The lowest BCUT2D eigenvalue weighted by atomic mass is 9.92. The summed E-state index contributed by atoms with van der Waals surface area (Å²) in [6.07, 6.45) is 3.67. The van der Waals surface area contributed by atoms with Crippen LogP contribution in [0, 0.1) is 0 Å². The first kappa shape index (κ1) is 11.9. The Morgan fingerprint density at radius 3 is 2.88 bits per heavy atom. The van der Waals surface area contributed by atoms with Gasteiger partial charge in [-0.2, -0.15) is 11.3 Å². The van der Waals surface area contributed by atoms with Crippen LogP contribution in [0.3, 0.4) is 0 Å². The molecule has 2 rings (SSSR count). The van der Waals surface area contributed by atoms with Crippen molar-refractivity contribution in [3.8, 4) is 0 Å². The van der Waals surface area contributed by atoms with Crippen molar-refractivity contribution < 1.29 is 0 Å². The van der Waals surface area contributed by atoms with Crippen LogP contribution in [-0.2, 0) is 0 Å². The fourth-order valence-electron chi connectivity index (χ4n) is 2.50. The second-order valence-corrected chi connectivity index (χ2v) is 5.45. The summed E-state index contributed by atoms with van der Waals surface area (Å²) in [5, 5.41) is 8.19. The Morgan fingerprint density at radius 1 is 1.44 bits per heavy atom. The lowest BCUT2D eigenvalue weighted by molar-refractivity contribution is 0.322. The molecule has 2 nitrogen and oxygen atoms in total. The van der Waals surface area contributed by atoms with E-state index in [2.05, 4.69) is 40.9 Å². The van der Waals surface area contributed by atoms with Crippen LogP contribution < -0.4 is 10.2 Å². The second-order valence-electron chi connectivity index (χ2n) is 4.67. The first-order chi connectivity index (χ1) is 7.79. The average Bonchev–Trinajstić information content (AvgIpc) is 2.76. The third-order valence-corrected chi connectivity index (χ3v) is 4.49. The number of nitrogens with one attached hydrogen (secondary N) is 1. The van der Waals surface area contributed by atoms with Crippen molar-refractivity contribution in [3.63, 3.8) is 0 Å². The molecular weight excluding hydrogens is 216 g/mol. The molecule has 1 fully saturated rings. The first-order valence-electron chi connectivity index (χ1n) is 6.32. The number of thiophene rings is 1. The maximum Gasteiger partial charge on any atom is 0.0475 e. The van der Waals surface area contributed by atoms with Gasteiger partial charge in [0.15, 0.2) is 0 Å². The predicted molar refractivity (Wildman–Crippen MR) is 72.5 cm³/mol. The number of hydrogen-bond acceptors (Lipinski definition) is 3. The Labute approximate surface area is 103 Å². The maximum absolute atomic E-state index is 3.75. The van der Waals surface area contributed by atoms with Gasteiger partial charge in [-0.25, -0.2) is 0 Å². The van der Waals surface area contributed by atoms with Gasteiger partial charge in [0.25, 0.3) is 0 Å². The van der Waals surface area contributed by atoms with Gasteiger partial charge in [0.05, 0.1) is 0 Å². The number of rotatable bonds is 3. The Morgan fingerprint density at radius 2 is 2.25 bits per heavy atom. The minimum Gasteiger partial charge on any atom is -0.369 e. The van der Waals surface area contributed by atoms with Crippen molar-refractivity contribution in [2.75, 3.05) is 24.5 Å². The van der Waals surface area contributed by atoms with Crippen molar-refractivity contribution in [2.45, 2.75) is 38.6 Å². The number of hydrogen-bond donors (Lipinski definition) is 1. The maximum atomic E-state index is 3.75. The summed E-state index contributed by atoms with van der Waals surface area (Å²) >= 11 is 1.79. The topological polar surface area (TPSA) is 15.3 Å². The molecule has 0 aromatic carbocycles. The minimum atomic E-state index is 0.318. The predicted octanol–water partition coefficient (Wildman–Crippen LogP) is 3.11. The molecule has 0 spiro atoms. The lowest BCUT2D eigenvalue weighted by Crippen LogP contribution is -2.50. The Hall–Kier alpha value is -0.540. The number of nitrogens with zero attached hydrogens (tertiary/aromatic N) is 1. The molecule has 0 amide bonds. The van der Waals surface area contributed by atoms with Gasteiger partial charge in [-0.15, -0.1) is 0 Å². The van der Waals surface area contributed by atoms with Gasteiger partial charge >= 0.3 is 0 Å². The largest absolute Gasteiger partial charge is 0.369 e. The molecular formula is C13H22N2S. The van der Waals surface area contributed by atoms with Crippen molar-refractivity contribution in [3.05, 3.63) is 16.8 Å². The second kappa shape index (κ2) is 5.19. The van der Waals surface area contributed by atoms with Crippen LogP contribution in [0.1, 0.15) is 33.1 Å². The molecule has 3 heteroatoms. The highest BCUT2D eigenvalue weighted by Crippen LogP contribution is 2.25. The van der Waals surface area contributed by atoms with Crippen LogP contribution in [0.25, 0.3) is 0 Å². The van der Waals surface area contributed by atoms with Gasteiger partial charge in [0, 0.05) is 29.7 Å². The zero-order valence-electron chi connectivity index (χ0n) is 10.3. The number of anilines is 1. The Bertz CT molecular complexity index is 304. The minimum absolute atomic E-state index is 0.318. The lowest BCUT2D eigenvalue weighted by Gasteiger charge is -2.36. The zero-order chi connectivity index (χ0) is 11.4. The molecule has 1 aliphatic rings. The highest BCUT2D eigenvalue weighted by molar-refractivity contribution is 7.08. The van der Waals surface area contributed by atoms with E-state index in [0.29, 0.717) is 5.54 Å². The standard InChI is InChI=1S/C13H22N2S/c1-3-13(4-2)11-15(8-5-7-14-13)12-6-9-16-10-12/h6,9-10,14H,3-5,7-8,11H2,1-2H3. The molecule has 0 bridgehead atoms. The van der Waals surface area contributed by atoms with Crippen LogP contribution in [-0.4, -0.2) is 25.2 Å². The van der Waals surface area contributed by atoms with E-state index < -0.39 is 0 Å². The molecule has 90 valence electrons. The Kier molecular flexibility index (Phi) is 3.87. The van der Waals surface area contributed by atoms with Crippen molar-refractivity contribution in [1.29, 1.82) is 0 Å². The van der Waals surface area contributed by atoms with E-state index in [0.717, 1.165) is 13.1 Å². The highest BCUT2D eigenvalue weighted by atomic mass is 32.1. The average molecular weight is 238 g/mol. The first-order valence-corrected chi connectivity index (χ1v) is 7.26. The summed E-state index contributed by atoms with van der Waals surface area (Å²) < 4.78 is 0. The summed E-state index contributed by atoms with van der Waals surface area (Å²) in [5.74, 6) is 0. The summed E-state index contributed by atoms with van der Waals surface area (Å²) in [5.41, 5.74) is 1.72. The van der Waals surface area contributed by atoms with E-state index in [1.165, 1.54) is 31.5 Å². The summed E-state index contributed by atoms with van der Waals surface area (Å²) in [6.45, 7) is 8.09. The van der Waals surface area contributed by atoms with Gasteiger partial charge in [-0.1, -0.05) is 13.8 Å². The van der Waals surface area contributed by atoms with E-state index in [4.69, 9.17) is 0 Å².